The summed E-state index contributed by atoms with van der Waals surface area (Å²) >= 11 is 0. The zero-order valence-electron chi connectivity index (χ0n) is 14.4. The van der Waals surface area contributed by atoms with Crippen molar-refractivity contribution in [1.29, 1.82) is 0 Å². The van der Waals surface area contributed by atoms with Crippen molar-refractivity contribution in [3.05, 3.63) is 54.0 Å². The van der Waals surface area contributed by atoms with Gasteiger partial charge in [-0.15, -0.1) is 0 Å². The Bertz CT molecular complexity index is 725. The number of nitrogens with zero attached hydrogens (tertiary/aromatic N) is 3. The van der Waals surface area contributed by atoms with Gasteiger partial charge in [0.15, 0.2) is 0 Å². The predicted molar refractivity (Wildman–Crippen MR) is 97.2 cm³/mol. The molecule has 130 valence electrons. The Morgan fingerprint density at radius 2 is 1.96 bits per heavy atom. The van der Waals surface area contributed by atoms with Gasteiger partial charge in [0.05, 0.1) is 12.2 Å². The number of anilines is 1. The van der Waals surface area contributed by atoms with Crippen molar-refractivity contribution in [1.82, 2.24) is 15.3 Å². The monoisotopic (exact) mass is 336 g/mol. The van der Waals surface area contributed by atoms with Crippen LogP contribution >= 0.6 is 0 Å². The van der Waals surface area contributed by atoms with Crippen LogP contribution in [0.25, 0.3) is 0 Å². The first-order chi connectivity index (χ1) is 12.3. The van der Waals surface area contributed by atoms with Crippen molar-refractivity contribution >= 4 is 11.7 Å². The van der Waals surface area contributed by atoms with E-state index in [9.17, 15) is 4.79 Å². The molecule has 2 aliphatic rings. The summed E-state index contributed by atoms with van der Waals surface area (Å²) in [5, 5.41) is 3.31. The van der Waals surface area contributed by atoms with Crippen LogP contribution in [0.1, 0.15) is 42.9 Å². The summed E-state index contributed by atoms with van der Waals surface area (Å²) in [5.74, 6) is 1.21. The van der Waals surface area contributed by atoms with Crippen molar-refractivity contribution in [3.63, 3.8) is 0 Å². The lowest BCUT2D eigenvalue weighted by atomic mass is 9.87. The van der Waals surface area contributed by atoms with Crippen LogP contribution in [0.2, 0.25) is 0 Å². The van der Waals surface area contributed by atoms with E-state index in [0.29, 0.717) is 0 Å². The standard InChI is InChI=1S/C20H24N4O/c25-20(23-18-7-3-5-15-4-1-2-6-17(15)18)16-8-12-24(13-9-16)19-14-21-10-11-22-19/h1-2,4,6,10-11,14,16,18H,3,5,7-9,12-13H2,(H,23,25). The van der Waals surface area contributed by atoms with Crippen molar-refractivity contribution in [2.45, 2.75) is 38.1 Å². The number of aryl methyl sites for hydroxylation is 1. The quantitative estimate of drug-likeness (QED) is 0.936. The van der Waals surface area contributed by atoms with Gasteiger partial charge in [-0.1, -0.05) is 24.3 Å². The summed E-state index contributed by atoms with van der Waals surface area (Å²) in [4.78, 5) is 23.5. The van der Waals surface area contributed by atoms with Crippen LogP contribution < -0.4 is 10.2 Å². The average molecular weight is 336 g/mol. The van der Waals surface area contributed by atoms with E-state index in [1.165, 1.54) is 11.1 Å². The molecule has 1 aromatic carbocycles. The lowest BCUT2D eigenvalue weighted by Gasteiger charge is -2.33. The molecule has 25 heavy (non-hydrogen) atoms. The van der Waals surface area contributed by atoms with E-state index >= 15 is 0 Å². The van der Waals surface area contributed by atoms with Gasteiger partial charge < -0.3 is 10.2 Å². The van der Waals surface area contributed by atoms with Gasteiger partial charge in [0.25, 0.3) is 0 Å². The molecule has 4 rings (SSSR count). The van der Waals surface area contributed by atoms with Crippen molar-refractivity contribution in [3.8, 4) is 0 Å². The minimum Gasteiger partial charge on any atom is -0.355 e. The molecule has 1 atom stereocenters. The summed E-state index contributed by atoms with van der Waals surface area (Å²) < 4.78 is 0. The molecule has 1 aliphatic carbocycles. The maximum Gasteiger partial charge on any atom is 0.223 e. The van der Waals surface area contributed by atoms with E-state index < -0.39 is 0 Å². The zero-order valence-corrected chi connectivity index (χ0v) is 14.4. The summed E-state index contributed by atoms with van der Waals surface area (Å²) in [6.07, 6.45) is 10.3. The second-order valence-corrected chi connectivity index (χ2v) is 6.98. The predicted octanol–water partition coefficient (Wildman–Crippen LogP) is 2.89. The number of benzene rings is 1. The van der Waals surface area contributed by atoms with Gasteiger partial charge in [-0.3, -0.25) is 9.78 Å². The maximum atomic E-state index is 12.8. The molecule has 1 amide bonds. The number of rotatable bonds is 3. The molecule has 0 radical (unpaired) electrons. The maximum absolute atomic E-state index is 12.8. The molecular formula is C20H24N4O. The number of amides is 1. The second kappa shape index (κ2) is 7.21. The van der Waals surface area contributed by atoms with Gasteiger partial charge in [0.2, 0.25) is 5.91 Å². The Hall–Kier alpha value is -2.43. The van der Waals surface area contributed by atoms with Crippen LogP contribution in [-0.2, 0) is 11.2 Å². The first-order valence-electron chi connectivity index (χ1n) is 9.20. The van der Waals surface area contributed by atoms with E-state index in [1.807, 2.05) is 0 Å². The fourth-order valence-electron chi connectivity index (χ4n) is 4.02. The molecule has 1 N–H and O–H groups in total. The van der Waals surface area contributed by atoms with Crippen molar-refractivity contribution in [2.24, 2.45) is 5.92 Å². The largest absolute Gasteiger partial charge is 0.355 e. The SMILES string of the molecule is O=C(NC1CCCc2ccccc21)C1CCN(c2cnccn2)CC1. The summed E-state index contributed by atoms with van der Waals surface area (Å²) in [5.41, 5.74) is 2.69. The second-order valence-electron chi connectivity index (χ2n) is 6.98. The van der Waals surface area contributed by atoms with E-state index in [2.05, 4.69) is 44.5 Å². The highest BCUT2D eigenvalue weighted by Crippen LogP contribution is 2.30. The molecule has 1 unspecified atom stereocenters. The smallest absolute Gasteiger partial charge is 0.223 e. The van der Waals surface area contributed by atoms with Crippen LogP contribution in [0.3, 0.4) is 0 Å². The highest BCUT2D eigenvalue weighted by molar-refractivity contribution is 5.79. The number of hydrogen-bond acceptors (Lipinski definition) is 4. The lowest BCUT2D eigenvalue weighted by molar-refractivity contribution is -0.126. The summed E-state index contributed by atoms with van der Waals surface area (Å²) in [6, 6.07) is 8.69. The normalized spacial score (nSPS) is 20.8. The Labute approximate surface area is 148 Å². The van der Waals surface area contributed by atoms with Crippen LogP contribution in [0.15, 0.2) is 42.9 Å². The fourth-order valence-corrected chi connectivity index (χ4v) is 4.02. The van der Waals surface area contributed by atoms with E-state index in [1.54, 1.807) is 18.6 Å². The van der Waals surface area contributed by atoms with E-state index in [0.717, 1.165) is 51.0 Å². The van der Waals surface area contributed by atoms with Gasteiger partial charge in [0.1, 0.15) is 5.82 Å². The van der Waals surface area contributed by atoms with Gasteiger partial charge >= 0.3 is 0 Å². The Kier molecular flexibility index (Phi) is 4.63. The minimum atomic E-state index is 0.0991. The molecule has 1 aromatic heterocycles. The highest BCUT2D eigenvalue weighted by Gasteiger charge is 2.28. The van der Waals surface area contributed by atoms with Crippen LogP contribution in [-0.4, -0.2) is 29.0 Å². The van der Waals surface area contributed by atoms with Crippen molar-refractivity contribution < 1.29 is 4.79 Å². The van der Waals surface area contributed by atoms with Crippen LogP contribution in [0, 0.1) is 5.92 Å². The van der Waals surface area contributed by atoms with Crippen LogP contribution in [0.5, 0.6) is 0 Å². The molecule has 2 heterocycles. The Morgan fingerprint density at radius 1 is 1.12 bits per heavy atom. The first kappa shape index (κ1) is 16.1. The molecular weight excluding hydrogens is 312 g/mol. The third-order valence-electron chi connectivity index (χ3n) is 5.43. The van der Waals surface area contributed by atoms with Gasteiger partial charge in [-0.25, -0.2) is 4.98 Å². The molecule has 0 saturated carbocycles. The van der Waals surface area contributed by atoms with E-state index in [4.69, 9.17) is 0 Å². The molecule has 0 bridgehead atoms. The molecule has 5 nitrogen and oxygen atoms in total. The number of piperidine rings is 1. The Balaban J connectivity index is 1.36. The first-order valence-corrected chi connectivity index (χ1v) is 9.20. The number of carbonyl (C=O) groups is 1. The van der Waals surface area contributed by atoms with Crippen LogP contribution in [0.4, 0.5) is 5.82 Å². The van der Waals surface area contributed by atoms with Gasteiger partial charge in [0, 0.05) is 31.4 Å². The highest BCUT2D eigenvalue weighted by atomic mass is 16.1. The number of aromatic nitrogens is 2. The molecule has 1 fully saturated rings. The minimum absolute atomic E-state index is 0.0991. The number of nitrogens with one attached hydrogen (secondary N) is 1. The van der Waals surface area contributed by atoms with E-state index in [-0.39, 0.29) is 17.9 Å². The molecule has 1 aliphatic heterocycles. The number of carbonyl (C=O) groups excluding carboxylic acids is 1. The number of fused-ring (bicyclic) bond motifs is 1. The topological polar surface area (TPSA) is 58.1 Å². The third kappa shape index (κ3) is 3.50. The average Bonchev–Trinajstić information content (AvgIpc) is 2.69. The number of hydrogen-bond donors (Lipinski definition) is 1. The lowest BCUT2D eigenvalue weighted by Crippen LogP contribution is -2.42. The van der Waals surface area contributed by atoms with Gasteiger partial charge in [-0.05, 0) is 43.2 Å². The van der Waals surface area contributed by atoms with Gasteiger partial charge in [-0.2, -0.15) is 0 Å². The zero-order chi connectivity index (χ0) is 17.1. The van der Waals surface area contributed by atoms with Crippen molar-refractivity contribution in [2.75, 3.05) is 18.0 Å². The molecule has 0 spiro atoms. The Morgan fingerprint density at radius 3 is 2.76 bits per heavy atom. The summed E-state index contributed by atoms with van der Waals surface area (Å²) in [6.45, 7) is 1.72. The molecule has 1 saturated heterocycles. The summed E-state index contributed by atoms with van der Waals surface area (Å²) in [7, 11) is 0. The molecule has 5 heteroatoms. The molecule has 2 aromatic rings. The third-order valence-corrected chi connectivity index (χ3v) is 5.43. The fraction of sp³-hybridized carbons (Fsp3) is 0.450.